The number of nitrogens with one attached hydrogen (secondary N) is 1. The first kappa shape index (κ1) is 18.2. The highest BCUT2D eigenvalue weighted by molar-refractivity contribution is 5.77. The van der Waals surface area contributed by atoms with Crippen LogP contribution in [0.1, 0.15) is 74.3 Å². The average Bonchev–Trinajstić information content (AvgIpc) is 3.36. The van der Waals surface area contributed by atoms with Crippen molar-refractivity contribution in [3.8, 4) is 0 Å². The summed E-state index contributed by atoms with van der Waals surface area (Å²) in [6.07, 6.45) is 4.26. The van der Waals surface area contributed by atoms with E-state index in [9.17, 15) is 4.79 Å². The molecule has 1 atom stereocenters. The van der Waals surface area contributed by atoms with Crippen LogP contribution in [0.2, 0.25) is 0 Å². The quantitative estimate of drug-likeness (QED) is 0.875. The Bertz CT molecular complexity index is 771. The highest BCUT2D eigenvalue weighted by Crippen LogP contribution is 2.33. The number of likely N-dealkylation sites (tertiary alicyclic amines) is 1. The van der Waals surface area contributed by atoms with Gasteiger partial charge in [-0.25, -0.2) is 0 Å². The molecule has 2 aliphatic heterocycles. The van der Waals surface area contributed by atoms with Gasteiger partial charge in [-0.05, 0) is 31.9 Å². The minimum Gasteiger partial charge on any atom is -0.361 e. The molecule has 4 rings (SSSR count). The van der Waals surface area contributed by atoms with Crippen molar-refractivity contribution in [3.05, 3.63) is 35.0 Å². The van der Waals surface area contributed by atoms with Gasteiger partial charge in [-0.1, -0.05) is 19.0 Å². The molecule has 0 bridgehead atoms. The standard InChI is InChI=1S/C20H29N5O2/c1-14(2)19-12-17(23-27-19)18-5-3-9-24(18)20(26)7-6-15-11-16-13-21-8-4-10-25(16)22-15/h11-12,14,18,21H,3-10,13H2,1-2H3. The van der Waals surface area contributed by atoms with Crippen molar-refractivity contribution in [2.75, 3.05) is 13.1 Å². The fourth-order valence-electron chi connectivity index (χ4n) is 4.03. The van der Waals surface area contributed by atoms with Crippen LogP contribution < -0.4 is 5.32 Å². The number of amides is 1. The predicted molar refractivity (Wildman–Crippen MR) is 101 cm³/mol. The zero-order chi connectivity index (χ0) is 18.8. The minimum atomic E-state index is 0.0525. The summed E-state index contributed by atoms with van der Waals surface area (Å²) in [5.74, 6) is 1.38. The first-order valence-electron chi connectivity index (χ1n) is 10.1. The summed E-state index contributed by atoms with van der Waals surface area (Å²) in [7, 11) is 0. The van der Waals surface area contributed by atoms with E-state index in [2.05, 4.69) is 40.2 Å². The third kappa shape index (κ3) is 3.93. The molecular formula is C20H29N5O2. The highest BCUT2D eigenvalue weighted by Gasteiger charge is 2.32. The van der Waals surface area contributed by atoms with E-state index < -0.39 is 0 Å². The molecule has 1 fully saturated rings. The lowest BCUT2D eigenvalue weighted by molar-refractivity contribution is -0.132. The molecule has 1 saturated heterocycles. The van der Waals surface area contributed by atoms with E-state index in [4.69, 9.17) is 4.52 Å². The fourth-order valence-corrected chi connectivity index (χ4v) is 4.03. The molecule has 146 valence electrons. The van der Waals surface area contributed by atoms with Gasteiger partial charge in [0.25, 0.3) is 0 Å². The molecule has 2 aliphatic rings. The first-order chi connectivity index (χ1) is 13.1. The third-order valence-corrected chi connectivity index (χ3v) is 5.57. The van der Waals surface area contributed by atoms with Crippen LogP contribution in [0.15, 0.2) is 16.7 Å². The summed E-state index contributed by atoms with van der Waals surface area (Å²) >= 11 is 0. The predicted octanol–water partition coefficient (Wildman–Crippen LogP) is 2.78. The van der Waals surface area contributed by atoms with E-state index in [1.54, 1.807) is 0 Å². The van der Waals surface area contributed by atoms with E-state index in [-0.39, 0.29) is 11.9 Å². The molecule has 0 aliphatic carbocycles. The van der Waals surface area contributed by atoms with Crippen molar-refractivity contribution >= 4 is 5.91 Å². The Kier molecular flexibility index (Phi) is 5.29. The van der Waals surface area contributed by atoms with Crippen LogP contribution in [0.3, 0.4) is 0 Å². The lowest BCUT2D eigenvalue weighted by Crippen LogP contribution is -2.30. The third-order valence-electron chi connectivity index (χ3n) is 5.57. The van der Waals surface area contributed by atoms with Gasteiger partial charge in [0.15, 0.2) is 0 Å². The molecule has 7 nitrogen and oxygen atoms in total. The van der Waals surface area contributed by atoms with Gasteiger partial charge in [0.05, 0.1) is 17.4 Å². The van der Waals surface area contributed by atoms with Gasteiger partial charge in [0.2, 0.25) is 5.91 Å². The van der Waals surface area contributed by atoms with Crippen LogP contribution in [0.4, 0.5) is 0 Å². The smallest absolute Gasteiger partial charge is 0.223 e. The molecule has 1 unspecified atom stereocenters. The van der Waals surface area contributed by atoms with Crippen LogP contribution in [0.25, 0.3) is 0 Å². The number of rotatable bonds is 5. The Morgan fingerprint density at radius 2 is 2.22 bits per heavy atom. The molecule has 0 saturated carbocycles. The van der Waals surface area contributed by atoms with E-state index in [0.717, 1.165) is 62.6 Å². The molecule has 0 radical (unpaired) electrons. The summed E-state index contributed by atoms with van der Waals surface area (Å²) in [5.41, 5.74) is 3.13. The van der Waals surface area contributed by atoms with Crippen molar-refractivity contribution in [3.63, 3.8) is 0 Å². The van der Waals surface area contributed by atoms with Gasteiger partial charge in [-0.2, -0.15) is 5.10 Å². The summed E-state index contributed by atoms with van der Waals surface area (Å²) in [6.45, 7) is 7.83. The number of hydrogen-bond acceptors (Lipinski definition) is 5. The molecular weight excluding hydrogens is 342 g/mol. The second-order valence-electron chi connectivity index (χ2n) is 7.93. The van der Waals surface area contributed by atoms with Gasteiger partial charge in [-0.3, -0.25) is 9.48 Å². The molecule has 4 heterocycles. The van der Waals surface area contributed by atoms with Crippen LogP contribution >= 0.6 is 0 Å². The number of carbonyl (C=O) groups excluding carboxylic acids is 1. The maximum Gasteiger partial charge on any atom is 0.223 e. The molecule has 0 spiro atoms. The number of nitrogens with zero attached hydrogens (tertiary/aromatic N) is 4. The van der Waals surface area contributed by atoms with Gasteiger partial charge < -0.3 is 14.7 Å². The number of carbonyl (C=O) groups is 1. The molecule has 1 amide bonds. The van der Waals surface area contributed by atoms with Crippen molar-refractivity contribution in [1.29, 1.82) is 0 Å². The molecule has 7 heteroatoms. The number of hydrogen-bond donors (Lipinski definition) is 1. The van der Waals surface area contributed by atoms with Gasteiger partial charge in [0.1, 0.15) is 11.5 Å². The Morgan fingerprint density at radius 1 is 1.33 bits per heavy atom. The second kappa shape index (κ2) is 7.84. The van der Waals surface area contributed by atoms with Crippen molar-refractivity contribution in [1.82, 2.24) is 25.2 Å². The lowest BCUT2D eigenvalue weighted by Gasteiger charge is -2.22. The van der Waals surface area contributed by atoms with E-state index in [1.807, 2.05) is 11.0 Å². The van der Waals surface area contributed by atoms with Crippen LogP contribution in [0, 0.1) is 0 Å². The molecule has 2 aromatic rings. The zero-order valence-corrected chi connectivity index (χ0v) is 16.3. The minimum absolute atomic E-state index is 0.0525. The number of aryl methyl sites for hydroxylation is 2. The monoisotopic (exact) mass is 371 g/mol. The zero-order valence-electron chi connectivity index (χ0n) is 16.3. The van der Waals surface area contributed by atoms with E-state index in [1.165, 1.54) is 5.69 Å². The van der Waals surface area contributed by atoms with E-state index >= 15 is 0 Å². The Hall–Kier alpha value is -2.15. The van der Waals surface area contributed by atoms with Crippen molar-refractivity contribution in [2.24, 2.45) is 0 Å². The maximum absolute atomic E-state index is 12.9. The van der Waals surface area contributed by atoms with Crippen molar-refractivity contribution < 1.29 is 9.32 Å². The summed E-state index contributed by atoms with van der Waals surface area (Å²) in [4.78, 5) is 14.8. The Balaban J connectivity index is 1.38. The fraction of sp³-hybridized carbons (Fsp3) is 0.650. The maximum atomic E-state index is 12.9. The van der Waals surface area contributed by atoms with Crippen molar-refractivity contribution in [2.45, 2.75) is 71.0 Å². The number of aromatic nitrogens is 3. The molecule has 1 N–H and O–H groups in total. The second-order valence-corrected chi connectivity index (χ2v) is 7.93. The molecule has 27 heavy (non-hydrogen) atoms. The van der Waals surface area contributed by atoms with Gasteiger partial charge in [-0.15, -0.1) is 0 Å². The topological polar surface area (TPSA) is 76.2 Å². The molecule has 0 aromatic carbocycles. The largest absolute Gasteiger partial charge is 0.361 e. The lowest BCUT2D eigenvalue weighted by atomic mass is 10.1. The van der Waals surface area contributed by atoms with Gasteiger partial charge >= 0.3 is 0 Å². The first-order valence-corrected chi connectivity index (χ1v) is 10.1. The Morgan fingerprint density at radius 3 is 3.04 bits per heavy atom. The number of fused-ring (bicyclic) bond motifs is 1. The van der Waals surface area contributed by atoms with Crippen LogP contribution in [0.5, 0.6) is 0 Å². The summed E-state index contributed by atoms with van der Waals surface area (Å²) < 4.78 is 7.53. The normalized spacial score (nSPS) is 20.1. The molecule has 2 aromatic heterocycles. The summed E-state index contributed by atoms with van der Waals surface area (Å²) in [5, 5.41) is 12.3. The highest BCUT2D eigenvalue weighted by atomic mass is 16.5. The van der Waals surface area contributed by atoms with Gasteiger partial charge in [0, 0.05) is 44.5 Å². The summed E-state index contributed by atoms with van der Waals surface area (Å²) in [6, 6.07) is 4.21. The van der Waals surface area contributed by atoms with E-state index in [0.29, 0.717) is 18.8 Å². The SMILES string of the molecule is CC(C)c1cc(C2CCCN2C(=O)CCc2cc3n(n2)CCCNC3)no1. The van der Waals surface area contributed by atoms with Crippen LogP contribution in [-0.4, -0.2) is 38.8 Å². The Labute approximate surface area is 160 Å². The van der Waals surface area contributed by atoms with Crippen LogP contribution in [-0.2, 0) is 24.3 Å². The average molecular weight is 371 g/mol.